The van der Waals surface area contributed by atoms with E-state index in [9.17, 15) is 4.79 Å². The van der Waals surface area contributed by atoms with Crippen LogP contribution in [0, 0.1) is 5.92 Å². The molecule has 2 heterocycles. The van der Waals surface area contributed by atoms with Crippen LogP contribution in [0.2, 0.25) is 0 Å². The lowest BCUT2D eigenvalue weighted by atomic mass is 10.00. The van der Waals surface area contributed by atoms with Crippen LogP contribution in [0.15, 0.2) is 24.4 Å². The van der Waals surface area contributed by atoms with E-state index in [1.807, 2.05) is 18.2 Å². The van der Waals surface area contributed by atoms with E-state index < -0.39 is 0 Å². The van der Waals surface area contributed by atoms with Crippen LogP contribution < -0.4 is 5.32 Å². The maximum atomic E-state index is 12.1. The number of nitrogens with one attached hydrogen (secondary N) is 1. The molecular formula is C17H27N3O. The van der Waals surface area contributed by atoms with Gasteiger partial charge in [-0.3, -0.25) is 9.78 Å². The summed E-state index contributed by atoms with van der Waals surface area (Å²) in [5, 5.41) is 3.14. The Labute approximate surface area is 127 Å². The number of likely N-dealkylation sites (tertiary alicyclic amines) is 1. The number of amides is 1. The van der Waals surface area contributed by atoms with E-state index in [2.05, 4.69) is 29.0 Å². The second-order valence-corrected chi connectivity index (χ2v) is 6.20. The zero-order valence-corrected chi connectivity index (χ0v) is 13.2. The molecule has 2 rings (SSSR count). The van der Waals surface area contributed by atoms with Crippen LogP contribution >= 0.6 is 0 Å². The number of carbonyl (C=O) groups excluding carboxylic acids is 1. The molecule has 0 spiro atoms. The molecule has 0 unspecified atom stereocenters. The minimum atomic E-state index is 0.00508. The number of aromatic nitrogens is 1. The summed E-state index contributed by atoms with van der Waals surface area (Å²) in [5.74, 6) is 0.473. The molecule has 1 aromatic rings. The topological polar surface area (TPSA) is 45.2 Å². The molecule has 1 fully saturated rings. The monoisotopic (exact) mass is 289 g/mol. The first-order valence-electron chi connectivity index (χ1n) is 8.09. The summed E-state index contributed by atoms with van der Waals surface area (Å²) in [6, 6.07) is 5.86. The van der Waals surface area contributed by atoms with Gasteiger partial charge in [0, 0.05) is 12.6 Å². The van der Waals surface area contributed by atoms with E-state index in [0.29, 0.717) is 12.3 Å². The zero-order chi connectivity index (χ0) is 15.1. The maximum Gasteiger partial charge on any atom is 0.220 e. The number of hydrogen-bond acceptors (Lipinski definition) is 3. The molecule has 1 aliphatic heterocycles. The molecule has 1 amide bonds. The quantitative estimate of drug-likeness (QED) is 0.839. The number of pyridine rings is 1. The van der Waals surface area contributed by atoms with Crippen molar-refractivity contribution in [3.05, 3.63) is 30.1 Å². The van der Waals surface area contributed by atoms with Crippen LogP contribution in [-0.4, -0.2) is 35.4 Å². The van der Waals surface area contributed by atoms with Crippen molar-refractivity contribution in [2.75, 3.05) is 19.6 Å². The standard InChI is InChI=1S/C17H27N3O/c1-14(2)17(15-8-3-4-10-18-15)19-16(21)9-7-13-20-11-5-6-12-20/h3-4,8,10,14,17H,5-7,9,11-13H2,1-2H3,(H,19,21)/t17-/m0/s1. The minimum Gasteiger partial charge on any atom is -0.347 e. The Bertz CT molecular complexity index is 427. The van der Waals surface area contributed by atoms with Crippen molar-refractivity contribution in [2.45, 2.75) is 45.6 Å². The zero-order valence-electron chi connectivity index (χ0n) is 13.2. The van der Waals surface area contributed by atoms with Crippen molar-refractivity contribution < 1.29 is 4.79 Å². The van der Waals surface area contributed by atoms with Crippen molar-refractivity contribution >= 4 is 5.91 Å². The summed E-state index contributed by atoms with van der Waals surface area (Å²) in [4.78, 5) is 19.0. The van der Waals surface area contributed by atoms with Gasteiger partial charge in [-0.1, -0.05) is 19.9 Å². The molecule has 21 heavy (non-hydrogen) atoms. The van der Waals surface area contributed by atoms with Crippen LogP contribution in [0.4, 0.5) is 0 Å². The van der Waals surface area contributed by atoms with Gasteiger partial charge in [0.05, 0.1) is 11.7 Å². The molecule has 0 radical (unpaired) electrons. The average Bonchev–Trinajstić information content (AvgIpc) is 2.98. The van der Waals surface area contributed by atoms with E-state index in [-0.39, 0.29) is 11.9 Å². The van der Waals surface area contributed by atoms with E-state index in [4.69, 9.17) is 0 Å². The predicted molar refractivity (Wildman–Crippen MR) is 84.9 cm³/mol. The highest BCUT2D eigenvalue weighted by Gasteiger charge is 2.19. The van der Waals surface area contributed by atoms with Crippen molar-refractivity contribution in [1.29, 1.82) is 0 Å². The molecular weight excluding hydrogens is 262 g/mol. The Morgan fingerprint density at radius 2 is 2.10 bits per heavy atom. The highest BCUT2D eigenvalue weighted by Crippen LogP contribution is 2.19. The Morgan fingerprint density at radius 1 is 1.33 bits per heavy atom. The Balaban J connectivity index is 1.78. The first-order valence-corrected chi connectivity index (χ1v) is 8.09. The van der Waals surface area contributed by atoms with Crippen molar-refractivity contribution in [1.82, 2.24) is 15.2 Å². The van der Waals surface area contributed by atoms with Crippen LogP contribution in [-0.2, 0) is 4.79 Å². The number of hydrogen-bond donors (Lipinski definition) is 1. The van der Waals surface area contributed by atoms with Gasteiger partial charge in [0.15, 0.2) is 0 Å². The van der Waals surface area contributed by atoms with Gasteiger partial charge in [0.2, 0.25) is 5.91 Å². The fraction of sp³-hybridized carbons (Fsp3) is 0.647. The minimum absolute atomic E-state index is 0.00508. The maximum absolute atomic E-state index is 12.1. The fourth-order valence-corrected chi connectivity index (χ4v) is 2.86. The highest BCUT2D eigenvalue weighted by molar-refractivity contribution is 5.76. The second kappa shape index (κ2) is 8.13. The number of carbonyl (C=O) groups is 1. The normalized spacial score (nSPS) is 17.1. The Morgan fingerprint density at radius 3 is 2.71 bits per heavy atom. The summed E-state index contributed by atoms with van der Waals surface area (Å²) in [7, 11) is 0. The van der Waals surface area contributed by atoms with Crippen LogP contribution in [0.3, 0.4) is 0 Å². The third-order valence-electron chi connectivity index (χ3n) is 4.07. The molecule has 4 heteroatoms. The van der Waals surface area contributed by atoms with Gasteiger partial charge in [0.1, 0.15) is 0 Å². The fourth-order valence-electron chi connectivity index (χ4n) is 2.86. The van der Waals surface area contributed by atoms with Gasteiger partial charge in [-0.05, 0) is 56.9 Å². The smallest absolute Gasteiger partial charge is 0.220 e. The van der Waals surface area contributed by atoms with E-state index in [1.54, 1.807) is 6.20 Å². The van der Waals surface area contributed by atoms with Crippen molar-refractivity contribution in [2.24, 2.45) is 5.92 Å². The molecule has 116 valence electrons. The molecule has 1 saturated heterocycles. The van der Waals surface area contributed by atoms with Crippen LogP contribution in [0.5, 0.6) is 0 Å². The highest BCUT2D eigenvalue weighted by atomic mass is 16.1. The predicted octanol–water partition coefficient (Wildman–Crippen LogP) is 2.77. The van der Waals surface area contributed by atoms with E-state index >= 15 is 0 Å². The summed E-state index contributed by atoms with van der Waals surface area (Å²) in [5.41, 5.74) is 0.945. The number of rotatable bonds is 7. The summed E-state index contributed by atoms with van der Waals surface area (Å²) in [6.45, 7) is 7.67. The summed E-state index contributed by atoms with van der Waals surface area (Å²) in [6.07, 6.45) is 5.94. The first kappa shape index (κ1) is 16.0. The van der Waals surface area contributed by atoms with Gasteiger partial charge in [0.25, 0.3) is 0 Å². The summed E-state index contributed by atoms with van der Waals surface area (Å²) >= 11 is 0. The van der Waals surface area contributed by atoms with E-state index in [1.165, 1.54) is 25.9 Å². The Kier molecular flexibility index (Phi) is 6.18. The first-order chi connectivity index (χ1) is 10.2. The van der Waals surface area contributed by atoms with Gasteiger partial charge in [-0.2, -0.15) is 0 Å². The third-order valence-corrected chi connectivity index (χ3v) is 4.07. The molecule has 0 aromatic carbocycles. The lowest BCUT2D eigenvalue weighted by molar-refractivity contribution is -0.122. The average molecular weight is 289 g/mol. The molecule has 1 aromatic heterocycles. The molecule has 0 aliphatic carbocycles. The molecule has 0 saturated carbocycles. The number of nitrogens with zero attached hydrogens (tertiary/aromatic N) is 2. The molecule has 0 bridgehead atoms. The molecule has 1 aliphatic rings. The van der Waals surface area contributed by atoms with Crippen LogP contribution in [0.25, 0.3) is 0 Å². The lowest BCUT2D eigenvalue weighted by Gasteiger charge is -2.22. The van der Waals surface area contributed by atoms with Gasteiger partial charge in [-0.15, -0.1) is 0 Å². The van der Waals surface area contributed by atoms with E-state index in [0.717, 1.165) is 18.7 Å². The molecule has 1 N–H and O–H groups in total. The second-order valence-electron chi connectivity index (χ2n) is 6.20. The lowest BCUT2D eigenvalue weighted by Crippen LogP contribution is -2.32. The van der Waals surface area contributed by atoms with Crippen molar-refractivity contribution in [3.63, 3.8) is 0 Å². The van der Waals surface area contributed by atoms with Gasteiger partial charge >= 0.3 is 0 Å². The molecule has 4 nitrogen and oxygen atoms in total. The van der Waals surface area contributed by atoms with Crippen molar-refractivity contribution in [3.8, 4) is 0 Å². The molecule has 1 atom stereocenters. The van der Waals surface area contributed by atoms with Gasteiger partial charge in [-0.25, -0.2) is 0 Å². The SMILES string of the molecule is CC(C)[C@H](NC(=O)CCCN1CCCC1)c1ccccn1. The van der Waals surface area contributed by atoms with Gasteiger partial charge < -0.3 is 10.2 Å². The summed E-state index contributed by atoms with van der Waals surface area (Å²) < 4.78 is 0. The largest absolute Gasteiger partial charge is 0.347 e. The Hall–Kier alpha value is -1.42. The van der Waals surface area contributed by atoms with Crippen LogP contribution in [0.1, 0.15) is 51.3 Å². The third kappa shape index (κ3) is 5.12.